The van der Waals surface area contributed by atoms with E-state index in [1.54, 1.807) is 11.3 Å². The van der Waals surface area contributed by atoms with Crippen LogP contribution in [0.25, 0.3) is 10.6 Å². The van der Waals surface area contributed by atoms with Crippen LogP contribution < -0.4 is 22.1 Å². The lowest BCUT2D eigenvalue weighted by Crippen LogP contribution is -2.45. The van der Waals surface area contributed by atoms with Crippen LogP contribution in [0.15, 0.2) is 30.3 Å². The third kappa shape index (κ3) is 2.81. The quantitative estimate of drug-likeness (QED) is 0.386. The molecule has 21 heavy (non-hydrogen) atoms. The van der Waals surface area contributed by atoms with Crippen LogP contribution in [0.4, 0.5) is 0 Å². The number of aryl methyl sites for hydroxylation is 1. The predicted molar refractivity (Wildman–Crippen MR) is 82.0 cm³/mol. The molecule has 1 saturated heterocycles. The van der Waals surface area contributed by atoms with E-state index in [0.717, 1.165) is 21.1 Å². The molecule has 1 fully saturated rings. The van der Waals surface area contributed by atoms with Crippen molar-refractivity contribution in [3.05, 3.63) is 40.9 Å². The number of hydrogen-bond acceptors (Lipinski definition) is 6. The second-order valence-electron chi connectivity index (χ2n) is 4.97. The van der Waals surface area contributed by atoms with Crippen molar-refractivity contribution in [2.45, 2.75) is 25.4 Å². The molecule has 7 heteroatoms. The molecule has 2 aromatic rings. The molecule has 1 aliphatic heterocycles. The normalized spacial score (nSPS) is 21.4. The number of rotatable bonds is 3. The number of benzene rings is 1. The SMILES string of the molecule is Cc1nc(-c2ccccc2)sc1C1CC(C(=O)NN)NN1. The number of thiazole rings is 1. The Morgan fingerprint density at radius 1 is 1.38 bits per heavy atom. The Bertz CT molecular complexity index is 642. The zero-order chi connectivity index (χ0) is 14.8. The van der Waals surface area contributed by atoms with Crippen molar-refractivity contribution < 1.29 is 4.79 Å². The standard InChI is InChI=1S/C14H17N5OS/c1-8-12(10-7-11(19-18-10)13(20)17-15)21-14(16-8)9-5-3-2-4-6-9/h2-6,10-11,18-19H,7,15H2,1H3,(H,17,20). The summed E-state index contributed by atoms with van der Waals surface area (Å²) >= 11 is 1.65. The molecule has 0 spiro atoms. The number of aromatic nitrogens is 1. The molecule has 110 valence electrons. The van der Waals surface area contributed by atoms with Crippen molar-refractivity contribution >= 4 is 17.2 Å². The topological polar surface area (TPSA) is 92.1 Å². The molecule has 1 aromatic carbocycles. The van der Waals surface area contributed by atoms with Crippen molar-refractivity contribution in [3.63, 3.8) is 0 Å². The molecule has 1 aromatic heterocycles. The van der Waals surface area contributed by atoms with Crippen LogP contribution in [0.2, 0.25) is 0 Å². The largest absolute Gasteiger partial charge is 0.293 e. The molecule has 0 radical (unpaired) electrons. The van der Waals surface area contributed by atoms with Crippen molar-refractivity contribution in [2.24, 2.45) is 5.84 Å². The van der Waals surface area contributed by atoms with E-state index in [0.29, 0.717) is 6.42 Å². The first-order chi connectivity index (χ1) is 10.2. The van der Waals surface area contributed by atoms with Crippen molar-refractivity contribution in [1.82, 2.24) is 21.3 Å². The van der Waals surface area contributed by atoms with Gasteiger partial charge in [-0.25, -0.2) is 21.7 Å². The average Bonchev–Trinajstić information content (AvgIpc) is 3.14. The van der Waals surface area contributed by atoms with Crippen LogP contribution in [0, 0.1) is 6.92 Å². The third-order valence-corrected chi connectivity index (χ3v) is 4.85. The highest BCUT2D eigenvalue weighted by atomic mass is 32.1. The van der Waals surface area contributed by atoms with E-state index in [9.17, 15) is 4.79 Å². The smallest absolute Gasteiger partial charge is 0.252 e. The minimum absolute atomic E-state index is 0.0715. The van der Waals surface area contributed by atoms with E-state index < -0.39 is 0 Å². The minimum atomic E-state index is -0.318. The molecule has 1 aliphatic rings. The average molecular weight is 303 g/mol. The van der Waals surface area contributed by atoms with Gasteiger partial charge in [0.25, 0.3) is 5.91 Å². The van der Waals surface area contributed by atoms with E-state index in [4.69, 9.17) is 5.84 Å². The van der Waals surface area contributed by atoms with Crippen LogP contribution in [0.3, 0.4) is 0 Å². The van der Waals surface area contributed by atoms with E-state index in [-0.39, 0.29) is 18.0 Å². The van der Waals surface area contributed by atoms with Gasteiger partial charge in [0.15, 0.2) is 0 Å². The highest BCUT2D eigenvalue weighted by Gasteiger charge is 2.32. The molecule has 3 rings (SSSR count). The second-order valence-corrected chi connectivity index (χ2v) is 6.00. The molecule has 0 saturated carbocycles. The molecule has 6 nitrogen and oxygen atoms in total. The minimum Gasteiger partial charge on any atom is -0.293 e. The van der Waals surface area contributed by atoms with Crippen LogP contribution in [0.5, 0.6) is 0 Å². The summed E-state index contributed by atoms with van der Waals surface area (Å²) < 4.78 is 0. The Kier molecular flexibility index (Phi) is 3.98. The zero-order valence-corrected chi connectivity index (χ0v) is 12.4. The number of nitrogens with two attached hydrogens (primary N) is 1. The summed E-state index contributed by atoms with van der Waals surface area (Å²) in [7, 11) is 0. The number of nitrogens with zero attached hydrogens (tertiary/aromatic N) is 1. The monoisotopic (exact) mass is 303 g/mol. The van der Waals surface area contributed by atoms with Crippen molar-refractivity contribution in [2.75, 3.05) is 0 Å². The van der Waals surface area contributed by atoms with Crippen LogP contribution in [-0.4, -0.2) is 16.9 Å². The van der Waals surface area contributed by atoms with Gasteiger partial charge in [0.05, 0.1) is 11.7 Å². The molecular formula is C14H17N5OS. The van der Waals surface area contributed by atoms with Gasteiger partial charge >= 0.3 is 0 Å². The van der Waals surface area contributed by atoms with E-state index in [1.807, 2.05) is 37.3 Å². The van der Waals surface area contributed by atoms with Gasteiger partial charge in [0.1, 0.15) is 11.0 Å². The second kappa shape index (κ2) is 5.90. The summed E-state index contributed by atoms with van der Waals surface area (Å²) in [6.45, 7) is 2.00. The maximum atomic E-state index is 11.6. The molecule has 2 heterocycles. The number of hydrogen-bond donors (Lipinski definition) is 4. The number of amides is 1. The van der Waals surface area contributed by atoms with E-state index >= 15 is 0 Å². The van der Waals surface area contributed by atoms with Crippen molar-refractivity contribution in [3.8, 4) is 10.6 Å². The zero-order valence-electron chi connectivity index (χ0n) is 11.6. The molecule has 5 N–H and O–H groups in total. The summed E-state index contributed by atoms with van der Waals surface area (Å²) in [6, 6.07) is 9.85. The van der Waals surface area contributed by atoms with Gasteiger partial charge in [-0.05, 0) is 13.3 Å². The highest BCUT2D eigenvalue weighted by Crippen LogP contribution is 2.34. The maximum Gasteiger partial charge on any atom is 0.252 e. The molecular weight excluding hydrogens is 286 g/mol. The van der Waals surface area contributed by atoms with Crippen LogP contribution in [-0.2, 0) is 4.79 Å². The Morgan fingerprint density at radius 3 is 2.86 bits per heavy atom. The molecule has 0 aliphatic carbocycles. The number of carbonyl (C=O) groups is 1. The van der Waals surface area contributed by atoms with Gasteiger partial charge in [-0.2, -0.15) is 0 Å². The first-order valence-corrected chi connectivity index (χ1v) is 7.55. The van der Waals surface area contributed by atoms with Gasteiger partial charge in [0, 0.05) is 10.4 Å². The molecule has 2 atom stereocenters. The highest BCUT2D eigenvalue weighted by molar-refractivity contribution is 7.15. The van der Waals surface area contributed by atoms with Gasteiger partial charge in [-0.15, -0.1) is 11.3 Å². The van der Waals surface area contributed by atoms with Gasteiger partial charge in [0.2, 0.25) is 0 Å². The lowest BCUT2D eigenvalue weighted by atomic mass is 10.1. The Labute approximate surface area is 126 Å². The molecule has 0 bridgehead atoms. The van der Waals surface area contributed by atoms with E-state index in [1.165, 1.54) is 0 Å². The Hall–Kier alpha value is -1.80. The van der Waals surface area contributed by atoms with Crippen LogP contribution in [0.1, 0.15) is 23.0 Å². The van der Waals surface area contributed by atoms with Gasteiger partial charge < -0.3 is 0 Å². The number of nitrogens with one attached hydrogen (secondary N) is 3. The number of hydrazine groups is 2. The summed E-state index contributed by atoms with van der Waals surface area (Å²) in [5.74, 6) is 4.96. The fourth-order valence-corrected chi connectivity index (χ4v) is 3.57. The van der Waals surface area contributed by atoms with Gasteiger partial charge in [-0.3, -0.25) is 10.2 Å². The van der Waals surface area contributed by atoms with Crippen molar-refractivity contribution in [1.29, 1.82) is 0 Å². The Morgan fingerprint density at radius 2 is 2.14 bits per heavy atom. The fourth-order valence-electron chi connectivity index (χ4n) is 2.44. The fraction of sp³-hybridized carbons (Fsp3) is 0.286. The predicted octanol–water partition coefficient (Wildman–Crippen LogP) is 1.02. The summed E-state index contributed by atoms with van der Waals surface area (Å²) in [6.07, 6.45) is 0.653. The number of carbonyl (C=O) groups excluding carboxylic acids is 1. The summed E-state index contributed by atoms with van der Waals surface area (Å²) in [5, 5.41) is 0.997. The van der Waals surface area contributed by atoms with E-state index in [2.05, 4.69) is 21.3 Å². The maximum absolute atomic E-state index is 11.6. The van der Waals surface area contributed by atoms with Crippen LogP contribution >= 0.6 is 11.3 Å². The van der Waals surface area contributed by atoms with Gasteiger partial charge in [-0.1, -0.05) is 30.3 Å². The molecule has 2 unspecified atom stereocenters. The summed E-state index contributed by atoms with van der Waals surface area (Å²) in [4.78, 5) is 17.3. The third-order valence-electron chi connectivity index (χ3n) is 3.53. The molecule has 1 amide bonds. The Balaban J connectivity index is 1.81. The first-order valence-electron chi connectivity index (χ1n) is 6.73. The lowest BCUT2D eigenvalue weighted by Gasteiger charge is -2.07. The lowest BCUT2D eigenvalue weighted by molar-refractivity contribution is -0.122. The first kappa shape index (κ1) is 14.2. The summed E-state index contributed by atoms with van der Waals surface area (Å²) in [5.41, 5.74) is 10.4.